The van der Waals surface area contributed by atoms with Crippen LogP contribution in [0.15, 0.2) is 60.9 Å². The second-order valence-corrected chi connectivity index (χ2v) is 8.51. The van der Waals surface area contributed by atoms with E-state index in [9.17, 15) is 14.4 Å². The van der Waals surface area contributed by atoms with E-state index in [-0.39, 0.29) is 5.75 Å². The van der Waals surface area contributed by atoms with Gasteiger partial charge in [0.2, 0.25) is 0 Å². The van der Waals surface area contributed by atoms with Crippen LogP contribution in [0.2, 0.25) is 0 Å². The summed E-state index contributed by atoms with van der Waals surface area (Å²) in [5.74, 6) is -2.76. The molecule has 2 heterocycles. The normalized spacial score (nSPS) is 13.0. The molecule has 3 atom stereocenters. The zero-order valence-corrected chi connectivity index (χ0v) is 20.8. The summed E-state index contributed by atoms with van der Waals surface area (Å²) in [7, 11) is 0. The number of H-pyrrole nitrogens is 2. The number of aromatic nitrogens is 2. The van der Waals surface area contributed by atoms with E-state index in [2.05, 4.69) is 22.6 Å². The fourth-order valence-corrected chi connectivity index (χ4v) is 3.48. The second kappa shape index (κ2) is 14.0. The van der Waals surface area contributed by atoms with Gasteiger partial charge < -0.3 is 42.5 Å². The summed E-state index contributed by atoms with van der Waals surface area (Å²) in [6.45, 7) is 0. The van der Waals surface area contributed by atoms with Crippen LogP contribution >= 0.6 is 12.6 Å². The summed E-state index contributed by atoms with van der Waals surface area (Å²) in [5.41, 5.74) is 19.8. The maximum Gasteiger partial charge on any atom is 0.321 e. The van der Waals surface area contributed by atoms with E-state index in [0.717, 1.165) is 32.9 Å². The Kier molecular flexibility index (Phi) is 11.2. The van der Waals surface area contributed by atoms with Gasteiger partial charge in [0.05, 0.1) is 0 Å². The van der Waals surface area contributed by atoms with E-state index in [1.54, 1.807) is 0 Å². The number of hydrogen-bond acceptors (Lipinski definition) is 7. The lowest BCUT2D eigenvalue weighted by molar-refractivity contribution is -0.139. The van der Waals surface area contributed by atoms with Crippen LogP contribution in [0.25, 0.3) is 21.8 Å². The van der Waals surface area contributed by atoms with Gasteiger partial charge in [-0.25, -0.2) is 0 Å². The van der Waals surface area contributed by atoms with Crippen molar-refractivity contribution in [1.82, 2.24) is 9.97 Å². The van der Waals surface area contributed by atoms with Gasteiger partial charge in [0.1, 0.15) is 18.1 Å². The Labute approximate surface area is 218 Å². The Bertz CT molecular complexity index is 1250. The highest BCUT2D eigenvalue weighted by Gasteiger charge is 2.15. The number of aliphatic carboxylic acids is 3. The molecular formula is C25H31N5O6S. The number of rotatable bonds is 8. The molecule has 0 radical (unpaired) electrons. The summed E-state index contributed by atoms with van der Waals surface area (Å²) in [6, 6.07) is 13.0. The molecular weight excluding hydrogens is 498 g/mol. The number of benzene rings is 2. The number of thiol groups is 1. The highest BCUT2D eigenvalue weighted by molar-refractivity contribution is 7.80. The van der Waals surface area contributed by atoms with E-state index in [4.69, 9.17) is 32.5 Å². The number of carboxylic acids is 3. The first-order chi connectivity index (χ1) is 17.5. The molecule has 12 heteroatoms. The average Bonchev–Trinajstić information content (AvgIpc) is 3.48. The smallest absolute Gasteiger partial charge is 0.321 e. The van der Waals surface area contributed by atoms with Crippen LogP contribution < -0.4 is 17.2 Å². The van der Waals surface area contributed by atoms with Crippen LogP contribution in [-0.2, 0) is 27.2 Å². The quantitative estimate of drug-likeness (QED) is 0.151. The highest BCUT2D eigenvalue weighted by Crippen LogP contribution is 2.19. The fraction of sp³-hybridized carbons (Fsp3) is 0.240. The van der Waals surface area contributed by atoms with Crippen molar-refractivity contribution < 1.29 is 29.7 Å². The van der Waals surface area contributed by atoms with Gasteiger partial charge in [-0.3, -0.25) is 14.4 Å². The lowest BCUT2D eigenvalue weighted by Crippen LogP contribution is -2.32. The number of nitrogens with one attached hydrogen (secondary N) is 2. The summed E-state index contributed by atoms with van der Waals surface area (Å²) in [6.07, 6.45) is 4.32. The number of carboxylic acid groups (broad SMARTS) is 3. The van der Waals surface area contributed by atoms with Gasteiger partial charge in [0.25, 0.3) is 0 Å². The minimum atomic E-state index is -1.00. The molecule has 0 saturated heterocycles. The molecule has 0 fully saturated rings. The van der Waals surface area contributed by atoms with Crippen molar-refractivity contribution in [1.29, 1.82) is 0 Å². The Morgan fingerprint density at radius 2 is 1.03 bits per heavy atom. The molecule has 2 aromatic carbocycles. The summed E-state index contributed by atoms with van der Waals surface area (Å²) in [5, 5.41) is 27.5. The molecule has 0 amide bonds. The summed E-state index contributed by atoms with van der Waals surface area (Å²) < 4.78 is 0. The van der Waals surface area contributed by atoms with Crippen molar-refractivity contribution in [3.8, 4) is 0 Å². The van der Waals surface area contributed by atoms with Crippen molar-refractivity contribution in [2.75, 3.05) is 5.75 Å². The minimum absolute atomic E-state index is 0.190. The molecule has 0 bridgehead atoms. The van der Waals surface area contributed by atoms with E-state index >= 15 is 0 Å². The number of hydrogen-bond donors (Lipinski definition) is 9. The third-order valence-corrected chi connectivity index (χ3v) is 5.77. The number of nitrogens with two attached hydrogens (primary N) is 3. The van der Waals surface area contributed by atoms with Crippen LogP contribution in [0.1, 0.15) is 11.1 Å². The van der Waals surface area contributed by atoms with Gasteiger partial charge in [0.15, 0.2) is 0 Å². The van der Waals surface area contributed by atoms with Gasteiger partial charge in [-0.1, -0.05) is 36.4 Å². The summed E-state index contributed by atoms with van der Waals surface area (Å²) >= 11 is 3.65. The Balaban J connectivity index is 0.000000210. The second-order valence-electron chi connectivity index (χ2n) is 8.14. The molecule has 4 rings (SSSR count). The zero-order chi connectivity index (χ0) is 27.5. The molecule has 0 saturated carbocycles. The fourth-order valence-electron chi connectivity index (χ4n) is 3.33. The van der Waals surface area contributed by atoms with Crippen molar-refractivity contribution in [3.63, 3.8) is 0 Å². The van der Waals surface area contributed by atoms with Crippen molar-refractivity contribution in [2.24, 2.45) is 17.2 Å². The van der Waals surface area contributed by atoms with Crippen LogP contribution in [-0.4, -0.2) is 67.1 Å². The minimum Gasteiger partial charge on any atom is -0.480 e. The van der Waals surface area contributed by atoms with Crippen LogP contribution in [0.4, 0.5) is 0 Å². The monoisotopic (exact) mass is 529 g/mol. The third-order valence-electron chi connectivity index (χ3n) is 5.38. The maximum absolute atomic E-state index is 10.6. The number of aromatic amines is 2. The van der Waals surface area contributed by atoms with Crippen LogP contribution in [0.5, 0.6) is 0 Å². The molecule has 0 aliphatic heterocycles. The zero-order valence-electron chi connectivity index (χ0n) is 19.9. The van der Waals surface area contributed by atoms with Gasteiger partial charge in [-0.05, 0) is 23.3 Å². The van der Waals surface area contributed by atoms with E-state index < -0.39 is 36.0 Å². The van der Waals surface area contributed by atoms with Crippen LogP contribution in [0.3, 0.4) is 0 Å². The molecule has 0 aliphatic carbocycles. The molecule has 3 unspecified atom stereocenters. The largest absolute Gasteiger partial charge is 0.480 e. The molecule has 11 nitrogen and oxygen atoms in total. The number of para-hydroxylation sites is 2. The van der Waals surface area contributed by atoms with Gasteiger partial charge >= 0.3 is 17.9 Å². The van der Waals surface area contributed by atoms with Gasteiger partial charge in [0, 0.05) is 52.8 Å². The lowest BCUT2D eigenvalue weighted by atomic mass is 10.1. The lowest BCUT2D eigenvalue weighted by Gasteiger charge is -2.04. The standard InChI is InChI=1S/2C11H12N2O2.C3H7NO2S/c2*12-9(11(14)15)5-7-6-13-10-4-2-1-3-8(7)10;4-2(1-7)3(5)6/h2*1-4,6,9,13H,5,12H2,(H,14,15);2,7H,1,4H2,(H,5,6). The van der Waals surface area contributed by atoms with Crippen molar-refractivity contribution in [3.05, 3.63) is 72.1 Å². The van der Waals surface area contributed by atoms with Gasteiger partial charge in [-0.2, -0.15) is 12.6 Å². The SMILES string of the molecule is NC(CS)C(=O)O.NC(Cc1c[nH]c2ccccc12)C(=O)O.NC(Cc1c[nH]c2ccccc12)C(=O)O. The molecule has 37 heavy (non-hydrogen) atoms. The first kappa shape index (κ1) is 29.4. The third kappa shape index (κ3) is 8.65. The molecule has 2 aromatic heterocycles. The Morgan fingerprint density at radius 1 is 0.676 bits per heavy atom. The molecule has 11 N–H and O–H groups in total. The first-order valence-corrected chi connectivity index (χ1v) is 11.8. The molecule has 4 aromatic rings. The van der Waals surface area contributed by atoms with E-state index in [0.29, 0.717) is 12.8 Å². The van der Waals surface area contributed by atoms with E-state index in [1.165, 1.54) is 0 Å². The molecule has 0 aliphatic rings. The maximum atomic E-state index is 10.6. The van der Waals surface area contributed by atoms with Crippen molar-refractivity contribution in [2.45, 2.75) is 31.0 Å². The number of fused-ring (bicyclic) bond motifs is 2. The van der Waals surface area contributed by atoms with Crippen LogP contribution in [0, 0.1) is 0 Å². The van der Waals surface area contributed by atoms with Crippen molar-refractivity contribution >= 4 is 52.3 Å². The highest BCUT2D eigenvalue weighted by atomic mass is 32.1. The predicted molar refractivity (Wildman–Crippen MR) is 145 cm³/mol. The van der Waals surface area contributed by atoms with Gasteiger partial charge in [-0.15, -0.1) is 0 Å². The Hall–Kier alpha value is -3.84. The first-order valence-electron chi connectivity index (χ1n) is 11.2. The topological polar surface area (TPSA) is 222 Å². The predicted octanol–water partition coefficient (Wildman–Crippen LogP) is 1.57. The molecule has 198 valence electrons. The summed E-state index contributed by atoms with van der Waals surface area (Å²) in [4.78, 5) is 37.2. The molecule has 0 spiro atoms. The Morgan fingerprint density at radius 3 is 1.32 bits per heavy atom. The average molecular weight is 530 g/mol. The number of carbonyl (C=O) groups is 3. The van der Waals surface area contributed by atoms with E-state index in [1.807, 2.05) is 60.9 Å².